The lowest BCUT2D eigenvalue weighted by Gasteiger charge is -2.05. The molecule has 0 atom stereocenters. The lowest BCUT2D eigenvalue weighted by molar-refractivity contribution is -0.116. The third-order valence-electron chi connectivity index (χ3n) is 4.16. The summed E-state index contributed by atoms with van der Waals surface area (Å²) in [4.78, 5) is 23.7. The van der Waals surface area contributed by atoms with Crippen molar-refractivity contribution in [1.29, 1.82) is 0 Å². The number of para-hydroxylation sites is 1. The van der Waals surface area contributed by atoms with Gasteiger partial charge in [0.05, 0.1) is 17.1 Å². The fraction of sp³-hybridized carbons (Fsp3) is 0.263. The molecule has 0 bridgehead atoms. The molecule has 0 aliphatic rings. The first-order valence-corrected chi connectivity index (χ1v) is 8.58. The van der Waals surface area contributed by atoms with E-state index in [4.69, 9.17) is 4.52 Å². The molecule has 0 aliphatic carbocycles. The van der Waals surface area contributed by atoms with Gasteiger partial charge in [0.1, 0.15) is 5.69 Å². The van der Waals surface area contributed by atoms with Gasteiger partial charge in [-0.25, -0.2) is 9.48 Å². The number of amides is 1. The van der Waals surface area contributed by atoms with Crippen LogP contribution in [0.1, 0.15) is 41.5 Å². The highest BCUT2D eigenvalue weighted by atomic mass is 16.5. The molecule has 2 heterocycles. The van der Waals surface area contributed by atoms with Gasteiger partial charge in [-0.15, -0.1) is 0 Å². The van der Waals surface area contributed by atoms with Gasteiger partial charge in [0, 0.05) is 12.0 Å². The first kappa shape index (κ1) is 18.4. The minimum atomic E-state index is -1.23. The highest BCUT2D eigenvalue weighted by molar-refractivity contribution is 6.03. The summed E-state index contributed by atoms with van der Waals surface area (Å²) in [6, 6.07) is 9.50. The summed E-state index contributed by atoms with van der Waals surface area (Å²) in [5.41, 5.74) is 2.71. The van der Waals surface area contributed by atoms with E-state index in [1.165, 1.54) is 0 Å². The number of aryl methyl sites for hydroxylation is 1. The molecule has 0 saturated carbocycles. The number of carboxylic acids is 1. The van der Waals surface area contributed by atoms with Crippen molar-refractivity contribution in [2.75, 3.05) is 5.32 Å². The predicted molar refractivity (Wildman–Crippen MR) is 99.0 cm³/mol. The zero-order chi connectivity index (χ0) is 19.6. The van der Waals surface area contributed by atoms with Gasteiger partial charge in [0.15, 0.2) is 5.56 Å². The predicted octanol–water partition coefficient (Wildman–Crippen LogP) is 3.58. The maximum atomic E-state index is 11.8. The molecule has 2 N–H and O–H groups in total. The van der Waals surface area contributed by atoms with E-state index in [1.807, 2.05) is 44.2 Å². The van der Waals surface area contributed by atoms with E-state index in [0.29, 0.717) is 17.7 Å². The maximum Gasteiger partial charge on any atom is 0.343 e. The standard InChI is InChI=1S/C19H20N4O4/c1-4-8-14(24)20-18-16(19(25)26)17(22-27-18)15-11(2)21-23(12(15)3)13-9-6-5-7-10-13/h5-7,9-10H,4,8H2,1-3H3,(H,20,24)(H,25,26). The van der Waals surface area contributed by atoms with Crippen molar-refractivity contribution in [1.82, 2.24) is 14.9 Å². The van der Waals surface area contributed by atoms with Crippen LogP contribution in [0.2, 0.25) is 0 Å². The normalized spacial score (nSPS) is 10.8. The zero-order valence-corrected chi connectivity index (χ0v) is 15.3. The second-order valence-corrected chi connectivity index (χ2v) is 6.13. The molecule has 8 nitrogen and oxygen atoms in total. The Morgan fingerprint density at radius 2 is 1.93 bits per heavy atom. The number of anilines is 1. The van der Waals surface area contributed by atoms with E-state index in [0.717, 1.165) is 11.4 Å². The highest BCUT2D eigenvalue weighted by Gasteiger charge is 2.29. The van der Waals surface area contributed by atoms with Crippen LogP contribution in [-0.4, -0.2) is 31.9 Å². The summed E-state index contributed by atoms with van der Waals surface area (Å²) in [6.45, 7) is 5.46. The molecule has 1 aromatic carbocycles. The third-order valence-corrected chi connectivity index (χ3v) is 4.16. The zero-order valence-electron chi connectivity index (χ0n) is 15.3. The Kier molecular flexibility index (Phi) is 5.07. The van der Waals surface area contributed by atoms with E-state index in [2.05, 4.69) is 15.6 Å². The summed E-state index contributed by atoms with van der Waals surface area (Å²) in [7, 11) is 0. The molecular weight excluding hydrogens is 348 g/mol. The van der Waals surface area contributed by atoms with Gasteiger partial charge in [-0.2, -0.15) is 5.10 Å². The Morgan fingerprint density at radius 1 is 1.22 bits per heavy atom. The number of nitrogens with zero attached hydrogens (tertiary/aromatic N) is 3. The van der Waals surface area contributed by atoms with Crippen molar-refractivity contribution in [2.24, 2.45) is 0 Å². The number of carboxylic acid groups (broad SMARTS) is 1. The van der Waals surface area contributed by atoms with Crippen LogP contribution < -0.4 is 5.32 Å². The quantitative estimate of drug-likeness (QED) is 0.688. The van der Waals surface area contributed by atoms with E-state index in [1.54, 1.807) is 11.6 Å². The van der Waals surface area contributed by atoms with Crippen LogP contribution in [-0.2, 0) is 4.79 Å². The van der Waals surface area contributed by atoms with Crippen LogP contribution in [0, 0.1) is 13.8 Å². The van der Waals surface area contributed by atoms with Crippen molar-refractivity contribution >= 4 is 17.8 Å². The first-order chi connectivity index (χ1) is 12.9. The molecule has 27 heavy (non-hydrogen) atoms. The number of hydrogen-bond acceptors (Lipinski definition) is 5. The molecule has 0 spiro atoms. The van der Waals surface area contributed by atoms with Crippen LogP contribution >= 0.6 is 0 Å². The molecule has 0 radical (unpaired) electrons. The van der Waals surface area contributed by atoms with Crippen molar-refractivity contribution in [2.45, 2.75) is 33.6 Å². The molecular formula is C19H20N4O4. The van der Waals surface area contributed by atoms with Gasteiger partial charge in [0.2, 0.25) is 11.8 Å². The second kappa shape index (κ2) is 7.45. The SMILES string of the molecule is CCCC(=O)Nc1onc(-c2c(C)nn(-c3ccccc3)c2C)c1C(=O)O. The Balaban J connectivity index is 2.10. The molecule has 0 saturated heterocycles. The van der Waals surface area contributed by atoms with Crippen molar-refractivity contribution in [3.05, 3.63) is 47.3 Å². The lowest BCUT2D eigenvalue weighted by atomic mass is 10.1. The van der Waals surface area contributed by atoms with E-state index < -0.39 is 5.97 Å². The monoisotopic (exact) mass is 368 g/mol. The first-order valence-electron chi connectivity index (χ1n) is 8.58. The van der Waals surface area contributed by atoms with E-state index >= 15 is 0 Å². The van der Waals surface area contributed by atoms with Crippen LogP contribution in [0.25, 0.3) is 16.9 Å². The Bertz CT molecular complexity index is 989. The topological polar surface area (TPSA) is 110 Å². The molecule has 2 aromatic heterocycles. The van der Waals surface area contributed by atoms with E-state index in [9.17, 15) is 14.7 Å². The van der Waals surface area contributed by atoms with Crippen molar-refractivity contribution < 1.29 is 19.2 Å². The fourth-order valence-electron chi connectivity index (χ4n) is 2.97. The molecule has 1 amide bonds. The number of carbonyl (C=O) groups excluding carboxylic acids is 1. The summed E-state index contributed by atoms with van der Waals surface area (Å²) < 4.78 is 6.88. The summed E-state index contributed by atoms with van der Waals surface area (Å²) >= 11 is 0. The fourth-order valence-corrected chi connectivity index (χ4v) is 2.97. The number of hydrogen-bond donors (Lipinski definition) is 2. The van der Waals surface area contributed by atoms with Crippen molar-refractivity contribution in [3.8, 4) is 16.9 Å². The minimum Gasteiger partial charge on any atom is -0.477 e. The smallest absolute Gasteiger partial charge is 0.343 e. The Hall–Kier alpha value is -3.42. The largest absolute Gasteiger partial charge is 0.477 e. The maximum absolute atomic E-state index is 11.8. The summed E-state index contributed by atoms with van der Waals surface area (Å²) in [5.74, 6) is -1.72. The second-order valence-electron chi connectivity index (χ2n) is 6.13. The number of rotatable bonds is 6. The number of nitrogens with one attached hydrogen (secondary N) is 1. The third kappa shape index (κ3) is 3.46. The number of benzene rings is 1. The Labute approximate surface area is 155 Å². The number of aromatic nitrogens is 3. The van der Waals surface area contributed by atoms with Gasteiger partial charge in [0.25, 0.3) is 0 Å². The minimum absolute atomic E-state index is 0.145. The highest BCUT2D eigenvalue weighted by Crippen LogP contribution is 2.34. The van der Waals surface area contributed by atoms with Gasteiger partial charge < -0.3 is 9.63 Å². The molecule has 0 unspecified atom stereocenters. The van der Waals surface area contributed by atoms with Crippen LogP contribution in [0.15, 0.2) is 34.9 Å². The van der Waals surface area contributed by atoms with E-state index in [-0.39, 0.29) is 29.5 Å². The molecule has 8 heteroatoms. The van der Waals surface area contributed by atoms with Gasteiger partial charge in [-0.1, -0.05) is 30.3 Å². The molecule has 0 aliphatic heterocycles. The summed E-state index contributed by atoms with van der Waals surface area (Å²) in [6.07, 6.45) is 0.899. The molecule has 140 valence electrons. The molecule has 0 fully saturated rings. The van der Waals surface area contributed by atoms with Gasteiger partial charge in [-0.05, 0) is 32.4 Å². The number of carbonyl (C=O) groups is 2. The average molecular weight is 368 g/mol. The van der Waals surface area contributed by atoms with Crippen LogP contribution in [0.4, 0.5) is 5.88 Å². The molecule has 3 aromatic rings. The van der Waals surface area contributed by atoms with Crippen LogP contribution in [0.5, 0.6) is 0 Å². The summed E-state index contributed by atoms with van der Waals surface area (Å²) in [5, 5.41) is 20.6. The van der Waals surface area contributed by atoms with Gasteiger partial charge >= 0.3 is 5.97 Å². The lowest BCUT2D eigenvalue weighted by Crippen LogP contribution is -2.13. The average Bonchev–Trinajstić information content (AvgIpc) is 3.16. The Morgan fingerprint density at radius 3 is 2.56 bits per heavy atom. The van der Waals surface area contributed by atoms with Gasteiger partial charge in [-0.3, -0.25) is 10.1 Å². The van der Waals surface area contributed by atoms with Crippen molar-refractivity contribution in [3.63, 3.8) is 0 Å². The molecule has 3 rings (SSSR count). The number of aromatic carboxylic acids is 1. The van der Waals surface area contributed by atoms with Crippen LogP contribution in [0.3, 0.4) is 0 Å².